The van der Waals surface area contributed by atoms with E-state index in [0.717, 1.165) is 38.5 Å². The normalized spacial score (nSPS) is 14.7. The average Bonchev–Trinajstić information content (AvgIpc) is 2.49. The van der Waals surface area contributed by atoms with Gasteiger partial charge in [0.2, 0.25) is 0 Å². The third-order valence-electron chi connectivity index (χ3n) is 3.56. The summed E-state index contributed by atoms with van der Waals surface area (Å²) in [6.45, 7) is 2.15. The molecule has 0 amide bonds. The lowest BCUT2D eigenvalue weighted by molar-refractivity contribution is -0.137. The summed E-state index contributed by atoms with van der Waals surface area (Å²) in [7, 11) is 0. The summed E-state index contributed by atoms with van der Waals surface area (Å²) >= 11 is 0. The molecule has 0 saturated carbocycles. The number of hydrogen-bond donors (Lipinski definition) is 3. The van der Waals surface area contributed by atoms with Crippen LogP contribution in [-0.4, -0.2) is 33.5 Å². The van der Waals surface area contributed by atoms with Gasteiger partial charge in [-0.05, 0) is 25.7 Å². The molecule has 0 fully saturated rings. The Kier molecular flexibility index (Phi) is 14.0. The molecule has 0 spiro atoms. The number of carboxylic acid groups (broad SMARTS) is 1. The van der Waals surface area contributed by atoms with Gasteiger partial charge in [0, 0.05) is 6.42 Å². The standard InChI is InChI=1S/C18H32O4/c1-2-3-4-10-13-16(19)17(20)14-11-8-6-5-7-9-12-15-18(21)22/h6,8,11,14,16-17,19-20H,2-5,7,9-10,12-13,15H2,1H3,(H,21,22). The van der Waals surface area contributed by atoms with Crippen LogP contribution in [0.1, 0.15) is 71.1 Å². The summed E-state index contributed by atoms with van der Waals surface area (Å²) in [4.78, 5) is 10.3. The highest BCUT2D eigenvalue weighted by Gasteiger charge is 2.11. The third-order valence-corrected chi connectivity index (χ3v) is 3.56. The van der Waals surface area contributed by atoms with Gasteiger partial charge in [-0.2, -0.15) is 0 Å². The second-order valence-electron chi connectivity index (χ2n) is 5.71. The number of aliphatic carboxylic acids is 1. The van der Waals surface area contributed by atoms with Crippen LogP contribution in [0.15, 0.2) is 24.3 Å². The Morgan fingerprint density at radius 3 is 2.41 bits per heavy atom. The van der Waals surface area contributed by atoms with E-state index in [9.17, 15) is 15.0 Å². The molecule has 0 aliphatic heterocycles. The van der Waals surface area contributed by atoms with Crippen molar-refractivity contribution in [3.8, 4) is 0 Å². The molecular formula is C18H32O4. The van der Waals surface area contributed by atoms with Crippen LogP contribution in [0.5, 0.6) is 0 Å². The van der Waals surface area contributed by atoms with Crippen molar-refractivity contribution in [2.45, 2.75) is 83.3 Å². The molecule has 0 aliphatic rings. The maximum Gasteiger partial charge on any atom is 0.303 e. The van der Waals surface area contributed by atoms with E-state index in [2.05, 4.69) is 6.92 Å². The maximum atomic E-state index is 10.3. The van der Waals surface area contributed by atoms with Crippen LogP contribution in [0.2, 0.25) is 0 Å². The lowest BCUT2D eigenvalue weighted by atomic mass is 10.0. The summed E-state index contributed by atoms with van der Waals surface area (Å²) in [5.41, 5.74) is 0. The highest BCUT2D eigenvalue weighted by molar-refractivity contribution is 5.66. The van der Waals surface area contributed by atoms with E-state index >= 15 is 0 Å². The molecular weight excluding hydrogens is 280 g/mol. The highest BCUT2D eigenvalue weighted by atomic mass is 16.4. The molecule has 0 rings (SSSR count). The predicted octanol–water partition coefficient (Wildman–Crippen LogP) is 3.83. The zero-order chi connectivity index (χ0) is 16.6. The first-order valence-electron chi connectivity index (χ1n) is 8.49. The van der Waals surface area contributed by atoms with Gasteiger partial charge in [-0.3, -0.25) is 4.79 Å². The van der Waals surface area contributed by atoms with Crippen LogP contribution in [-0.2, 0) is 4.79 Å². The summed E-state index contributed by atoms with van der Waals surface area (Å²) in [5.74, 6) is -0.735. The third kappa shape index (κ3) is 13.8. The van der Waals surface area contributed by atoms with E-state index in [4.69, 9.17) is 5.11 Å². The fourth-order valence-electron chi connectivity index (χ4n) is 2.15. The van der Waals surface area contributed by atoms with Crippen molar-refractivity contribution < 1.29 is 20.1 Å². The van der Waals surface area contributed by atoms with E-state index in [1.165, 1.54) is 12.8 Å². The fraction of sp³-hybridized carbons (Fsp3) is 0.722. The number of allylic oxidation sites excluding steroid dienone is 3. The predicted molar refractivity (Wildman–Crippen MR) is 89.8 cm³/mol. The molecule has 0 saturated heterocycles. The van der Waals surface area contributed by atoms with Gasteiger partial charge in [0.1, 0.15) is 0 Å². The summed E-state index contributed by atoms with van der Waals surface area (Å²) in [6, 6.07) is 0. The van der Waals surface area contributed by atoms with Gasteiger partial charge in [-0.15, -0.1) is 0 Å². The van der Waals surface area contributed by atoms with E-state index in [1.54, 1.807) is 12.2 Å². The molecule has 4 nitrogen and oxygen atoms in total. The quantitative estimate of drug-likeness (QED) is 0.336. The highest BCUT2D eigenvalue weighted by Crippen LogP contribution is 2.09. The monoisotopic (exact) mass is 312 g/mol. The molecule has 0 radical (unpaired) electrons. The number of aliphatic hydroxyl groups excluding tert-OH is 2. The molecule has 2 unspecified atom stereocenters. The molecule has 0 aliphatic carbocycles. The molecule has 3 N–H and O–H groups in total. The zero-order valence-corrected chi connectivity index (χ0v) is 13.8. The fourth-order valence-corrected chi connectivity index (χ4v) is 2.15. The van der Waals surface area contributed by atoms with Crippen molar-refractivity contribution in [2.75, 3.05) is 0 Å². The van der Waals surface area contributed by atoms with Crippen LogP contribution in [0, 0.1) is 0 Å². The van der Waals surface area contributed by atoms with Crippen molar-refractivity contribution >= 4 is 5.97 Å². The lowest BCUT2D eigenvalue weighted by Gasteiger charge is -2.13. The molecule has 0 bridgehead atoms. The second kappa shape index (κ2) is 14.8. The van der Waals surface area contributed by atoms with Gasteiger partial charge in [0.05, 0.1) is 12.2 Å². The Morgan fingerprint density at radius 2 is 1.73 bits per heavy atom. The van der Waals surface area contributed by atoms with Crippen molar-refractivity contribution in [3.63, 3.8) is 0 Å². The lowest BCUT2D eigenvalue weighted by Crippen LogP contribution is -2.23. The molecule has 0 heterocycles. The minimum atomic E-state index is -0.804. The first kappa shape index (κ1) is 20.9. The molecule has 0 aromatic carbocycles. The summed E-state index contributed by atoms with van der Waals surface area (Å²) < 4.78 is 0. The number of carbonyl (C=O) groups is 1. The van der Waals surface area contributed by atoms with Crippen molar-refractivity contribution in [1.82, 2.24) is 0 Å². The van der Waals surface area contributed by atoms with E-state index in [0.29, 0.717) is 6.42 Å². The van der Waals surface area contributed by atoms with Crippen LogP contribution in [0.3, 0.4) is 0 Å². The smallest absolute Gasteiger partial charge is 0.303 e. The van der Waals surface area contributed by atoms with Gasteiger partial charge in [0.15, 0.2) is 0 Å². The Hall–Kier alpha value is -1.13. The number of aliphatic hydroxyl groups is 2. The van der Waals surface area contributed by atoms with Crippen molar-refractivity contribution in [3.05, 3.63) is 24.3 Å². The van der Waals surface area contributed by atoms with Gasteiger partial charge in [-0.1, -0.05) is 63.3 Å². The zero-order valence-electron chi connectivity index (χ0n) is 13.8. The average molecular weight is 312 g/mol. The van der Waals surface area contributed by atoms with Crippen LogP contribution in [0.25, 0.3) is 0 Å². The molecule has 0 aromatic rings. The van der Waals surface area contributed by atoms with Gasteiger partial charge in [-0.25, -0.2) is 0 Å². The number of hydrogen-bond acceptors (Lipinski definition) is 3. The largest absolute Gasteiger partial charge is 0.481 e. The first-order valence-corrected chi connectivity index (χ1v) is 8.49. The maximum absolute atomic E-state index is 10.3. The second-order valence-corrected chi connectivity index (χ2v) is 5.71. The van der Waals surface area contributed by atoms with E-state index < -0.39 is 18.2 Å². The SMILES string of the molecule is CCCCCCC(O)C(O)C=CC=CCCCCCC(=O)O. The first-order chi connectivity index (χ1) is 10.6. The van der Waals surface area contributed by atoms with Gasteiger partial charge < -0.3 is 15.3 Å². The van der Waals surface area contributed by atoms with Crippen molar-refractivity contribution in [2.24, 2.45) is 0 Å². The molecule has 4 heteroatoms. The molecule has 0 aromatic heterocycles. The number of carboxylic acids is 1. The van der Waals surface area contributed by atoms with Gasteiger partial charge >= 0.3 is 5.97 Å². The number of unbranched alkanes of at least 4 members (excludes halogenated alkanes) is 6. The minimum Gasteiger partial charge on any atom is -0.481 e. The van der Waals surface area contributed by atoms with E-state index in [-0.39, 0.29) is 6.42 Å². The van der Waals surface area contributed by atoms with E-state index in [1.807, 2.05) is 12.2 Å². The molecule has 2 atom stereocenters. The topological polar surface area (TPSA) is 77.8 Å². The summed E-state index contributed by atoms with van der Waals surface area (Å²) in [6.07, 6.45) is 14.5. The minimum absolute atomic E-state index is 0.242. The van der Waals surface area contributed by atoms with Crippen LogP contribution in [0.4, 0.5) is 0 Å². The summed E-state index contributed by atoms with van der Waals surface area (Å²) in [5, 5.41) is 28.1. The van der Waals surface area contributed by atoms with Crippen molar-refractivity contribution in [1.29, 1.82) is 0 Å². The Morgan fingerprint density at radius 1 is 1.00 bits per heavy atom. The molecule has 128 valence electrons. The molecule has 22 heavy (non-hydrogen) atoms. The van der Waals surface area contributed by atoms with Gasteiger partial charge in [0.25, 0.3) is 0 Å². The van der Waals surface area contributed by atoms with Crippen LogP contribution < -0.4 is 0 Å². The Balaban J connectivity index is 3.63. The Labute approximate surface area is 134 Å². The van der Waals surface area contributed by atoms with Crippen LogP contribution >= 0.6 is 0 Å². The Bertz CT molecular complexity index is 323. The number of rotatable bonds is 14.